The Balaban J connectivity index is 0.00000200. The number of aryl methyl sites for hydroxylation is 1. The van der Waals surface area contributed by atoms with E-state index in [0.29, 0.717) is 18.7 Å². The lowest BCUT2D eigenvalue weighted by Crippen LogP contribution is -2.40. The molecule has 1 aliphatic heterocycles. The highest BCUT2D eigenvalue weighted by Gasteiger charge is 2.35. The van der Waals surface area contributed by atoms with Crippen molar-refractivity contribution in [2.75, 3.05) is 20.1 Å². The zero-order chi connectivity index (χ0) is 14.0. The number of hydrogen-bond donors (Lipinski definition) is 1. The van der Waals surface area contributed by atoms with E-state index in [2.05, 4.69) is 5.32 Å². The zero-order valence-electron chi connectivity index (χ0n) is 11.6. The minimum Gasteiger partial charge on any atom is -0.318 e. The molecule has 1 saturated heterocycles. The number of nitrogens with zero attached hydrogens (tertiary/aromatic N) is 1. The van der Waals surface area contributed by atoms with E-state index in [-0.39, 0.29) is 23.3 Å². The van der Waals surface area contributed by atoms with E-state index in [1.807, 2.05) is 7.05 Å². The highest BCUT2D eigenvalue weighted by atomic mass is 35.5. The molecule has 1 atom stereocenters. The molecule has 0 aliphatic carbocycles. The lowest BCUT2D eigenvalue weighted by Gasteiger charge is -2.24. The third kappa shape index (κ3) is 3.31. The summed E-state index contributed by atoms with van der Waals surface area (Å²) >= 11 is 0. The standard InChI is InChI=1S/C13H19FN2O2S.ClH/c1-10-8-11(14)5-6-13(10)19(17,18)16-7-3-4-12(16)9-15-2;/h5-6,8,12,15H,3-4,7,9H2,1-2H3;1H. The first kappa shape index (κ1) is 17.4. The normalized spacial score (nSPS) is 19.9. The van der Waals surface area contributed by atoms with E-state index < -0.39 is 15.8 Å². The number of likely N-dealkylation sites (N-methyl/N-ethyl adjacent to an activating group) is 1. The lowest BCUT2D eigenvalue weighted by atomic mass is 10.2. The van der Waals surface area contributed by atoms with Crippen LogP contribution in [-0.2, 0) is 10.0 Å². The van der Waals surface area contributed by atoms with Crippen LogP contribution in [0.15, 0.2) is 23.1 Å². The van der Waals surface area contributed by atoms with Crippen LogP contribution in [0.3, 0.4) is 0 Å². The monoisotopic (exact) mass is 322 g/mol. The van der Waals surface area contributed by atoms with Gasteiger partial charge in [0.15, 0.2) is 0 Å². The van der Waals surface area contributed by atoms with Crippen LogP contribution in [0.4, 0.5) is 4.39 Å². The molecular weight excluding hydrogens is 303 g/mol. The molecular formula is C13H20ClFN2O2S. The van der Waals surface area contributed by atoms with Gasteiger partial charge >= 0.3 is 0 Å². The van der Waals surface area contributed by atoms with Gasteiger partial charge < -0.3 is 5.32 Å². The smallest absolute Gasteiger partial charge is 0.243 e. The predicted molar refractivity (Wildman–Crippen MR) is 79.2 cm³/mol. The van der Waals surface area contributed by atoms with Crippen molar-refractivity contribution in [3.8, 4) is 0 Å². The molecule has 1 aliphatic rings. The Kier molecular flexibility index (Phi) is 5.94. The average molecular weight is 323 g/mol. The number of rotatable bonds is 4. The van der Waals surface area contributed by atoms with Crippen molar-refractivity contribution < 1.29 is 12.8 Å². The van der Waals surface area contributed by atoms with Crippen molar-refractivity contribution in [1.82, 2.24) is 9.62 Å². The molecule has 0 spiro atoms. The van der Waals surface area contributed by atoms with Crippen LogP contribution < -0.4 is 5.32 Å². The molecule has 20 heavy (non-hydrogen) atoms. The third-order valence-corrected chi connectivity index (χ3v) is 5.60. The van der Waals surface area contributed by atoms with Crippen LogP contribution in [0.2, 0.25) is 0 Å². The molecule has 1 heterocycles. The number of sulfonamides is 1. The second kappa shape index (κ2) is 6.85. The van der Waals surface area contributed by atoms with Crippen molar-refractivity contribution >= 4 is 22.4 Å². The molecule has 0 saturated carbocycles. The molecule has 4 nitrogen and oxygen atoms in total. The second-order valence-corrected chi connectivity index (χ2v) is 6.74. The quantitative estimate of drug-likeness (QED) is 0.921. The van der Waals surface area contributed by atoms with Crippen LogP contribution in [0.25, 0.3) is 0 Å². The van der Waals surface area contributed by atoms with E-state index in [1.165, 1.54) is 22.5 Å². The molecule has 1 aromatic rings. The summed E-state index contributed by atoms with van der Waals surface area (Å²) < 4.78 is 39.9. The SMILES string of the molecule is CNCC1CCCN1S(=O)(=O)c1ccc(F)cc1C.Cl. The summed E-state index contributed by atoms with van der Waals surface area (Å²) in [5.41, 5.74) is 0.454. The minimum atomic E-state index is -3.53. The van der Waals surface area contributed by atoms with E-state index >= 15 is 0 Å². The van der Waals surface area contributed by atoms with E-state index in [0.717, 1.165) is 12.8 Å². The van der Waals surface area contributed by atoms with E-state index in [1.54, 1.807) is 6.92 Å². The highest BCUT2D eigenvalue weighted by molar-refractivity contribution is 7.89. The maximum atomic E-state index is 13.1. The van der Waals surface area contributed by atoms with Gasteiger partial charge in [0.25, 0.3) is 0 Å². The summed E-state index contributed by atoms with van der Waals surface area (Å²) in [6, 6.07) is 3.80. The molecule has 2 rings (SSSR count). The summed E-state index contributed by atoms with van der Waals surface area (Å²) in [6.45, 7) is 2.80. The highest BCUT2D eigenvalue weighted by Crippen LogP contribution is 2.27. The average Bonchev–Trinajstić information content (AvgIpc) is 2.78. The van der Waals surface area contributed by atoms with Crippen molar-refractivity contribution in [2.24, 2.45) is 0 Å². The van der Waals surface area contributed by atoms with Crippen molar-refractivity contribution in [1.29, 1.82) is 0 Å². The largest absolute Gasteiger partial charge is 0.318 e. The summed E-state index contributed by atoms with van der Waals surface area (Å²) in [6.07, 6.45) is 1.73. The molecule has 114 valence electrons. The maximum Gasteiger partial charge on any atom is 0.243 e. The molecule has 1 N–H and O–H groups in total. The fourth-order valence-electron chi connectivity index (χ4n) is 2.59. The topological polar surface area (TPSA) is 49.4 Å². The van der Waals surface area contributed by atoms with Gasteiger partial charge in [-0.15, -0.1) is 12.4 Å². The first-order chi connectivity index (χ1) is 8.96. The number of halogens is 2. The summed E-state index contributed by atoms with van der Waals surface area (Å²) in [5.74, 6) is -0.412. The van der Waals surface area contributed by atoms with Gasteiger partial charge in [-0.3, -0.25) is 0 Å². The Morgan fingerprint density at radius 2 is 2.15 bits per heavy atom. The van der Waals surface area contributed by atoms with Gasteiger partial charge in [-0.25, -0.2) is 12.8 Å². The van der Waals surface area contributed by atoms with Crippen LogP contribution in [0.1, 0.15) is 18.4 Å². The molecule has 7 heteroatoms. The van der Waals surface area contributed by atoms with Crippen molar-refractivity contribution in [3.63, 3.8) is 0 Å². The van der Waals surface area contributed by atoms with Gasteiger partial charge in [0.2, 0.25) is 10.0 Å². The Hall–Kier alpha value is -0.690. The van der Waals surface area contributed by atoms with Gasteiger partial charge in [0.1, 0.15) is 5.82 Å². The van der Waals surface area contributed by atoms with Crippen LogP contribution in [0, 0.1) is 12.7 Å². The molecule has 1 aromatic carbocycles. The molecule has 1 fully saturated rings. The molecule has 0 bridgehead atoms. The Morgan fingerprint density at radius 3 is 2.75 bits per heavy atom. The fourth-order valence-corrected chi connectivity index (χ4v) is 4.49. The van der Waals surface area contributed by atoms with Gasteiger partial charge in [-0.1, -0.05) is 0 Å². The zero-order valence-corrected chi connectivity index (χ0v) is 13.2. The first-order valence-corrected chi connectivity index (χ1v) is 7.83. The number of hydrogen-bond acceptors (Lipinski definition) is 3. The van der Waals surface area contributed by atoms with Crippen molar-refractivity contribution in [3.05, 3.63) is 29.6 Å². The summed E-state index contributed by atoms with van der Waals surface area (Å²) in [4.78, 5) is 0.205. The van der Waals surface area contributed by atoms with Crippen LogP contribution in [0.5, 0.6) is 0 Å². The van der Waals surface area contributed by atoms with Gasteiger partial charge in [-0.2, -0.15) is 4.31 Å². The van der Waals surface area contributed by atoms with Crippen LogP contribution >= 0.6 is 12.4 Å². The molecule has 1 unspecified atom stereocenters. The van der Waals surface area contributed by atoms with E-state index in [9.17, 15) is 12.8 Å². The molecule has 0 aromatic heterocycles. The Labute approximate surface area is 125 Å². The predicted octanol–water partition coefficient (Wildman–Crippen LogP) is 1.93. The molecule has 0 radical (unpaired) electrons. The van der Waals surface area contributed by atoms with Crippen LogP contribution in [-0.4, -0.2) is 38.9 Å². The summed E-state index contributed by atoms with van der Waals surface area (Å²) in [5, 5.41) is 3.02. The number of nitrogens with one attached hydrogen (secondary N) is 1. The lowest BCUT2D eigenvalue weighted by molar-refractivity contribution is 0.379. The first-order valence-electron chi connectivity index (χ1n) is 6.39. The minimum absolute atomic E-state index is 0. The maximum absolute atomic E-state index is 13.1. The Morgan fingerprint density at radius 1 is 1.45 bits per heavy atom. The van der Waals surface area contributed by atoms with Crippen molar-refractivity contribution in [2.45, 2.75) is 30.7 Å². The van der Waals surface area contributed by atoms with E-state index in [4.69, 9.17) is 0 Å². The third-order valence-electron chi connectivity index (χ3n) is 3.49. The van der Waals surface area contributed by atoms with Gasteiger partial charge in [-0.05, 0) is 50.6 Å². The second-order valence-electron chi connectivity index (χ2n) is 4.88. The number of benzene rings is 1. The molecule has 0 amide bonds. The summed E-state index contributed by atoms with van der Waals surface area (Å²) in [7, 11) is -1.72. The van der Waals surface area contributed by atoms with Gasteiger partial charge in [0, 0.05) is 19.1 Å². The Bertz CT molecular complexity index is 565. The fraction of sp³-hybridized carbons (Fsp3) is 0.538. The van der Waals surface area contributed by atoms with Gasteiger partial charge in [0.05, 0.1) is 4.90 Å².